The molecule has 0 aliphatic carbocycles. The molecule has 100 valence electrons. The van der Waals surface area contributed by atoms with Gasteiger partial charge in [-0.3, -0.25) is 4.79 Å². The number of hydrogen-bond donors (Lipinski definition) is 2. The number of nitrogens with one attached hydrogen (secondary N) is 1. The molecule has 0 aliphatic heterocycles. The highest BCUT2D eigenvalue weighted by Crippen LogP contribution is 2.24. The van der Waals surface area contributed by atoms with Gasteiger partial charge in [0, 0.05) is 6.54 Å². The molecule has 0 bridgehead atoms. The second kappa shape index (κ2) is 6.39. The minimum atomic E-state index is -0.739. The topological polar surface area (TPSA) is 49.3 Å². The van der Waals surface area contributed by atoms with Gasteiger partial charge in [-0.1, -0.05) is 29.3 Å². The van der Waals surface area contributed by atoms with Gasteiger partial charge in [0.25, 0.3) is 5.91 Å². The van der Waals surface area contributed by atoms with Gasteiger partial charge >= 0.3 is 0 Å². The summed E-state index contributed by atoms with van der Waals surface area (Å²) in [7, 11) is 0. The number of carbonyl (C=O) groups is 1. The first-order valence-corrected chi connectivity index (χ1v) is 7.22. The predicted molar refractivity (Wildman–Crippen MR) is 78.1 cm³/mol. The van der Waals surface area contributed by atoms with E-state index in [0.717, 1.165) is 5.56 Å². The zero-order valence-corrected chi connectivity index (χ0v) is 12.1. The summed E-state index contributed by atoms with van der Waals surface area (Å²) in [5.74, 6) is -0.398. The maximum absolute atomic E-state index is 12.0. The average Bonchev–Trinajstić information content (AvgIpc) is 2.89. The Labute approximate surface area is 124 Å². The van der Waals surface area contributed by atoms with Crippen LogP contribution in [0.15, 0.2) is 35.0 Å². The third-order valence-corrected chi connectivity index (χ3v) is 3.91. The third-order valence-electron chi connectivity index (χ3n) is 2.57. The first kappa shape index (κ1) is 14.3. The van der Waals surface area contributed by atoms with Crippen molar-refractivity contribution in [2.45, 2.75) is 6.10 Å². The van der Waals surface area contributed by atoms with E-state index >= 15 is 0 Å². The Kier molecular flexibility index (Phi) is 4.82. The molecule has 0 fully saturated rings. The lowest BCUT2D eigenvalue weighted by Crippen LogP contribution is -2.28. The number of thiophene rings is 1. The summed E-state index contributed by atoms with van der Waals surface area (Å²) in [5, 5.41) is 16.8. The molecule has 1 aromatic heterocycles. The number of rotatable bonds is 4. The van der Waals surface area contributed by atoms with E-state index in [0.29, 0.717) is 0 Å². The Balaban J connectivity index is 2.02. The summed E-state index contributed by atoms with van der Waals surface area (Å²) in [6.45, 7) is 0.108. The van der Waals surface area contributed by atoms with Gasteiger partial charge in [-0.15, -0.1) is 0 Å². The standard InChI is InChI=1S/C13H11Cl2NO2S/c14-9-2-1-3-10(15)12(9)13(18)16-6-11(17)8-4-5-19-7-8/h1-5,7,11,17H,6H2,(H,16,18)/t11-/m0/s1. The van der Waals surface area contributed by atoms with Crippen molar-refractivity contribution in [2.24, 2.45) is 0 Å². The molecule has 2 N–H and O–H groups in total. The van der Waals surface area contributed by atoms with Crippen LogP contribution in [-0.4, -0.2) is 17.6 Å². The van der Waals surface area contributed by atoms with Gasteiger partial charge in [-0.2, -0.15) is 11.3 Å². The van der Waals surface area contributed by atoms with Gasteiger partial charge in [-0.25, -0.2) is 0 Å². The fourth-order valence-electron chi connectivity index (χ4n) is 1.57. The summed E-state index contributed by atoms with van der Waals surface area (Å²) in [6, 6.07) is 6.67. The Morgan fingerprint density at radius 3 is 2.58 bits per heavy atom. The maximum Gasteiger partial charge on any atom is 0.254 e. The molecule has 2 rings (SSSR count). The first-order chi connectivity index (χ1) is 9.09. The van der Waals surface area contributed by atoms with Crippen molar-refractivity contribution in [1.29, 1.82) is 0 Å². The highest BCUT2D eigenvalue weighted by molar-refractivity contribution is 7.07. The van der Waals surface area contributed by atoms with E-state index in [9.17, 15) is 9.90 Å². The molecule has 1 amide bonds. The zero-order chi connectivity index (χ0) is 13.8. The van der Waals surface area contributed by atoms with Gasteiger partial charge in [-0.05, 0) is 34.5 Å². The molecule has 2 aromatic rings. The van der Waals surface area contributed by atoms with Gasteiger partial charge < -0.3 is 10.4 Å². The van der Waals surface area contributed by atoms with Crippen molar-refractivity contribution in [1.82, 2.24) is 5.32 Å². The fourth-order valence-corrected chi connectivity index (χ4v) is 2.85. The van der Waals surface area contributed by atoms with E-state index in [2.05, 4.69) is 5.32 Å². The normalized spacial score (nSPS) is 12.2. The number of aliphatic hydroxyl groups is 1. The lowest BCUT2D eigenvalue weighted by molar-refractivity contribution is 0.0917. The smallest absolute Gasteiger partial charge is 0.254 e. The van der Waals surface area contributed by atoms with Crippen LogP contribution in [0.3, 0.4) is 0 Å². The largest absolute Gasteiger partial charge is 0.387 e. The van der Waals surface area contributed by atoms with E-state index in [4.69, 9.17) is 23.2 Å². The lowest BCUT2D eigenvalue weighted by Gasteiger charge is -2.12. The lowest BCUT2D eigenvalue weighted by atomic mass is 10.1. The molecule has 0 saturated heterocycles. The van der Waals surface area contributed by atoms with Crippen LogP contribution in [0.25, 0.3) is 0 Å². The third kappa shape index (κ3) is 3.48. The van der Waals surface area contributed by atoms with E-state index < -0.39 is 12.0 Å². The second-order valence-electron chi connectivity index (χ2n) is 3.88. The molecule has 0 unspecified atom stereocenters. The Bertz CT molecular complexity index is 552. The van der Waals surface area contributed by atoms with E-state index in [1.165, 1.54) is 11.3 Å². The van der Waals surface area contributed by atoms with Crippen LogP contribution >= 0.6 is 34.5 Å². The minimum absolute atomic E-state index is 0.108. The van der Waals surface area contributed by atoms with Gasteiger partial charge in [0.2, 0.25) is 0 Å². The van der Waals surface area contributed by atoms with E-state index in [1.54, 1.807) is 18.2 Å². The van der Waals surface area contributed by atoms with Crippen LogP contribution in [-0.2, 0) is 0 Å². The van der Waals surface area contributed by atoms with Crippen LogP contribution in [0.5, 0.6) is 0 Å². The number of hydrogen-bond acceptors (Lipinski definition) is 3. The number of benzene rings is 1. The molecule has 0 spiro atoms. The van der Waals surface area contributed by atoms with Crippen molar-refractivity contribution in [3.8, 4) is 0 Å². The van der Waals surface area contributed by atoms with Crippen molar-refractivity contribution in [3.63, 3.8) is 0 Å². The van der Waals surface area contributed by atoms with Gasteiger partial charge in [0.15, 0.2) is 0 Å². The average molecular weight is 316 g/mol. The van der Waals surface area contributed by atoms with Crippen LogP contribution in [0, 0.1) is 0 Å². The van der Waals surface area contributed by atoms with Crippen LogP contribution in [0.4, 0.5) is 0 Å². The van der Waals surface area contributed by atoms with Crippen molar-refractivity contribution >= 4 is 40.4 Å². The van der Waals surface area contributed by atoms with Gasteiger partial charge in [0.05, 0.1) is 21.7 Å². The fraction of sp³-hybridized carbons (Fsp3) is 0.154. The highest BCUT2D eigenvalue weighted by Gasteiger charge is 2.16. The molecule has 0 aliphatic rings. The van der Waals surface area contributed by atoms with Crippen LogP contribution in [0.1, 0.15) is 22.0 Å². The Hall–Kier alpha value is -1.07. The van der Waals surface area contributed by atoms with Gasteiger partial charge in [0.1, 0.15) is 0 Å². The Morgan fingerprint density at radius 1 is 1.32 bits per heavy atom. The number of halogens is 2. The SMILES string of the molecule is O=C(NC[C@H](O)c1ccsc1)c1c(Cl)cccc1Cl. The molecule has 0 radical (unpaired) electrons. The molecular formula is C13H11Cl2NO2S. The number of carbonyl (C=O) groups excluding carboxylic acids is 1. The highest BCUT2D eigenvalue weighted by atomic mass is 35.5. The van der Waals surface area contributed by atoms with E-state index in [1.807, 2.05) is 16.8 Å². The summed E-state index contributed by atoms with van der Waals surface area (Å²) < 4.78 is 0. The monoisotopic (exact) mass is 315 g/mol. The van der Waals surface area contributed by atoms with E-state index in [-0.39, 0.29) is 22.2 Å². The van der Waals surface area contributed by atoms with Crippen LogP contribution in [0.2, 0.25) is 10.0 Å². The molecule has 19 heavy (non-hydrogen) atoms. The van der Waals surface area contributed by atoms with Crippen molar-refractivity contribution in [3.05, 3.63) is 56.2 Å². The molecular weight excluding hydrogens is 305 g/mol. The predicted octanol–water partition coefficient (Wildman–Crippen LogP) is 3.52. The zero-order valence-electron chi connectivity index (χ0n) is 9.77. The maximum atomic E-state index is 12.0. The Morgan fingerprint density at radius 2 is 2.00 bits per heavy atom. The van der Waals surface area contributed by atoms with Crippen LogP contribution < -0.4 is 5.32 Å². The summed E-state index contributed by atoms with van der Waals surface area (Å²) in [4.78, 5) is 12.0. The summed E-state index contributed by atoms with van der Waals surface area (Å²) >= 11 is 13.4. The molecule has 0 saturated carbocycles. The van der Waals surface area contributed by atoms with Crippen molar-refractivity contribution < 1.29 is 9.90 Å². The first-order valence-electron chi connectivity index (χ1n) is 5.52. The molecule has 1 aromatic carbocycles. The molecule has 3 nitrogen and oxygen atoms in total. The number of amides is 1. The summed E-state index contributed by atoms with van der Waals surface area (Å²) in [5.41, 5.74) is 0.999. The second-order valence-corrected chi connectivity index (χ2v) is 5.47. The number of aliphatic hydroxyl groups excluding tert-OH is 1. The molecule has 1 heterocycles. The molecule has 1 atom stereocenters. The summed E-state index contributed by atoms with van der Waals surface area (Å²) in [6.07, 6.45) is -0.739. The quantitative estimate of drug-likeness (QED) is 0.907. The molecule has 6 heteroatoms. The minimum Gasteiger partial charge on any atom is -0.387 e. The van der Waals surface area contributed by atoms with Crippen molar-refractivity contribution in [2.75, 3.05) is 6.54 Å².